The minimum atomic E-state index is -0.0677. The molecule has 1 atom stereocenters. The molecule has 2 N–H and O–H groups in total. The average molecular weight is 164 g/mol. The standard InChI is InChI=1S/C8H17N.ClH/c1-5-6-8(4,9)7(2)3;/h5,7H,1,6,9H2,2-4H3;1H/t8-;/m0./s1. The van der Waals surface area contributed by atoms with Crippen molar-refractivity contribution in [1.82, 2.24) is 0 Å². The number of hydrogen-bond donors (Lipinski definition) is 1. The monoisotopic (exact) mass is 163 g/mol. The smallest absolute Gasteiger partial charge is 0.0183 e. The van der Waals surface area contributed by atoms with Crippen molar-refractivity contribution in [3.05, 3.63) is 12.7 Å². The van der Waals surface area contributed by atoms with Crippen LogP contribution in [-0.4, -0.2) is 5.54 Å². The number of nitrogens with two attached hydrogens (primary N) is 1. The molecule has 62 valence electrons. The zero-order chi connectivity index (χ0) is 7.49. The molecular formula is C8H18ClN. The highest BCUT2D eigenvalue weighted by atomic mass is 35.5. The number of rotatable bonds is 3. The van der Waals surface area contributed by atoms with Gasteiger partial charge in [0.05, 0.1) is 0 Å². The molecule has 0 aliphatic heterocycles. The molecule has 0 radical (unpaired) electrons. The van der Waals surface area contributed by atoms with E-state index in [2.05, 4.69) is 27.4 Å². The Labute approximate surface area is 70.1 Å². The van der Waals surface area contributed by atoms with Crippen molar-refractivity contribution in [2.45, 2.75) is 32.7 Å². The Hall–Kier alpha value is -0.0100. The largest absolute Gasteiger partial charge is 0.325 e. The number of hydrogen-bond acceptors (Lipinski definition) is 1. The van der Waals surface area contributed by atoms with Gasteiger partial charge in [0.2, 0.25) is 0 Å². The molecule has 0 aromatic heterocycles. The molecule has 0 amide bonds. The first-order chi connectivity index (χ1) is 4.00. The van der Waals surface area contributed by atoms with Crippen molar-refractivity contribution in [2.75, 3.05) is 0 Å². The summed E-state index contributed by atoms with van der Waals surface area (Å²) in [5.41, 5.74) is 5.83. The van der Waals surface area contributed by atoms with Crippen LogP contribution in [0.2, 0.25) is 0 Å². The van der Waals surface area contributed by atoms with Gasteiger partial charge >= 0.3 is 0 Å². The molecule has 0 rings (SSSR count). The van der Waals surface area contributed by atoms with Crippen molar-refractivity contribution in [3.63, 3.8) is 0 Å². The summed E-state index contributed by atoms with van der Waals surface area (Å²) in [6, 6.07) is 0. The Morgan fingerprint density at radius 2 is 2.00 bits per heavy atom. The lowest BCUT2D eigenvalue weighted by atomic mass is 9.87. The summed E-state index contributed by atoms with van der Waals surface area (Å²) in [5, 5.41) is 0. The van der Waals surface area contributed by atoms with Gasteiger partial charge in [-0.15, -0.1) is 19.0 Å². The van der Waals surface area contributed by atoms with Crippen molar-refractivity contribution in [1.29, 1.82) is 0 Å². The molecule has 2 heteroatoms. The second-order valence-corrected chi connectivity index (χ2v) is 3.15. The Kier molecular flexibility index (Phi) is 6.01. The Morgan fingerprint density at radius 3 is 2.10 bits per heavy atom. The molecule has 10 heavy (non-hydrogen) atoms. The zero-order valence-electron chi connectivity index (χ0n) is 7.05. The molecule has 0 saturated heterocycles. The van der Waals surface area contributed by atoms with Gasteiger partial charge in [-0.2, -0.15) is 0 Å². The molecule has 0 unspecified atom stereocenters. The van der Waals surface area contributed by atoms with Crippen LogP contribution in [0.15, 0.2) is 12.7 Å². The summed E-state index contributed by atoms with van der Waals surface area (Å²) in [7, 11) is 0. The molecule has 0 saturated carbocycles. The van der Waals surface area contributed by atoms with E-state index >= 15 is 0 Å². The Balaban J connectivity index is 0. The fraction of sp³-hybridized carbons (Fsp3) is 0.750. The summed E-state index contributed by atoms with van der Waals surface area (Å²) in [6.45, 7) is 9.96. The van der Waals surface area contributed by atoms with Crippen molar-refractivity contribution < 1.29 is 0 Å². The van der Waals surface area contributed by atoms with Gasteiger partial charge < -0.3 is 5.73 Å². The van der Waals surface area contributed by atoms with E-state index in [9.17, 15) is 0 Å². The van der Waals surface area contributed by atoms with Crippen LogP contribution in [0.3, 0.4) is 0 Å². The maximum Gasteiger partial charge on any atom is 0.0183 e. The summed E-state index contributed by atoms with van der Waals surface area (Å²) < 4.78 is 0. The zero-order valence-corrected chi connectivity index (χ0v) is 7.87. The van der Waals surface area contributed by atoms with E-state index in [-0.39, 0.29) is 17.9 Å². The van der Waals surface area contributed by atoms with Crippen molar-refractivity contribution >= 4 is 12.4 Å². The lowest BCUT2D eigenvalue weighted by Gasteiger charge is -2.27. The lowest BCUT2D eigenvalue weighted by molar-refractivity contribution is 0.344. The first kappa shape index (κ1) is 12.6. The fourth-order valence-electron chi connectivity index (χ4n) is 0.547. The second-order valence-electron chi connectivity index (χ2n) is 3.15. The van der Waals surface area contributed by atoms with Crippen LogP contribution in [0.5, 0.6) is 0 Å². The highest BCUT2D eigenvalue weighted by Crippen LogP contribution is 2.16. The predicted molar refractivity (Wildman–Crippen MR) is 49.5 cm³/mol. The molecule has 1 nitrogen and oxygen atoms in total. The van der Waals surface area contributed by atoms with Crippen molar-refractivity contribution in [3.8, 4) is 0 Å². The van der Waals surface area contributed by atoms with Crippen LogP contribution in [0, 0.1) is 5.92 Å². The molecule has 0 spiro atoms. The molecule has 0 heterocycles. The fourth-order valence-corrected chi connectivity index (χ4v) is 0.547. The quantitative estimate of drug-likeness (QED) is 0.636. The van der Waals surface area contributed by atoms with Gasteiger partial charge in [-0.3, -0.25) is 0 Å². The minimum absolute atomic E-state index is 0. The van der Waals surface area contributed by atoms with E-state index in [4.69, 9.17) is 5.73 Å². The van der Waals surface area contributed by atoms with Crippen LogP contribution in [0.1, 0.15) is 27.2 Å². The molecule has 0 aliphatic rings. The van der Waals surface area contributed by atoms with E-state index in [0.717, 1.165) is 6.42 Å². The molecule has 0 aliphatic carbocycles. The van der Waals surface area contributed by atoms with Gasteiger partial charge in [0.25, 0.3) is 0 Å². The SMILES string of the molecule is C=CC[C@](C)(N)C(C)C.Cl. The van der Waals surface area contributed by atoms with Crippen molar-refractivity contribution in [2.24, 2.45) is 11.7 Å². The minimum Gasteiger partial charge on any atom is -0.325 e. The predicted octanol–water partition coefficient (Wildman–Crippen LogP) is 2.36. The van der Waals surface area contributed by atoms with E-state index in [1.54, 1.807) is 0 Å². The lowest BCUT2D eigenvalue weighted by Crippen LogP contribution is -2.40. The molecule has 0 aromatic carbocycles. The Bertz CT molecular complexity index is 97.4. The summed E-state index contributed by atoms with van der Waals surface area (Å²) in [5.74, 6) is 0.524. The van der Waals surface area contributed by atoms with E-state index < -0.39 is 0 Å². The van der Waals surface area contributed by atoms with E-state index in [1.807, 2.05) is 6.08 Å². The van der Waals surface area contributed by atoms with Crippen LogP contribution in [0.25, 0.3) is 0 Å². The number of halogens is 1. The first-order valence-electron chi connectivity index (χ1n) is 3.40. The van der Waals surface area contributed by atoms with Gasteiger partial charge in [0.1, 0.15) is 0 Å². The van der Waals surface area contributed by atoms with Gasteiger partial charge in [0, 0.05) is 5.54 Å². The second kappa shape index (κ2) is 4.75. The third-order valence-electron chi connectivity index (χ3n) is 1.90. The molecule has 0 fully saturated rings. The van der Waals surface area contributed by atoms with Gasteiger partial charge in [-0.1, -0.05) is 19.9 Å². The molecular weight excluding hydrogens is 146 g/mol. The maximum atomic E-state index is 5.90. The van der Waals surface area contributed by atoms with Crippen LogP contribution < -0.4 is 5.73 Å². The van der Waals surface area contributed by atoms with Gasteiger partial charge in [0.15, 0.2) is 0 Å². The third kappa shape index (κ3) is 3.91. The maximum absolute atomic E-state index is 5.90. The normalized spacial score (nSPS) is 15.7. The van der Waals surface area contributed by atoms with E-state index in [1.165, 1.54) is 0 Å². The first-order valence-corrected chi connectivity index (χ1v) is 3.40. The summed E-state index contributed by atoms with van der Waals surface area (Å²) in [4.78, 5) is 0. The van der Waals surface area contributed by atoms with Gasteiger partial charge in [-0.05, 0) is 19.3 Å². The molecule has 0 aromatic rings. The molecule has 0 bridgehead atoms. The van der Waals surface area contributed by atoms with Crippen LogP contribution >= 0.6 is 12.4 Å². The van der Waals surface area contributed by atoms with Crippen LogP contribution in [0.4, 0.5) is 0 Å². The Morgan fingerprint density at radius 1 is 1.60 bits per heavy atom. The highest BCUT2D eigenvalue weighted by molar-refractivity contribution is 5.85. The van der Waals surface area contributed by atoms with Gasteiger partial charge in [-0.25, -0.2) is 0 Å². The summed E-state index contributed by atoms with van der Waals surface area (Å²) in [6.07, 6.45) is 2.77. The average Bonchev–Trinajstić information content (AvgIpc) is 1.65. The van der Waals surface area contributed by atoms with Crippen LogP contribution in [-0.2, 0) is 0 Å². The van der Waals surface area contributed by atoms with E-state index in [0.29, 0.717) is 5.92 Å². The third-order valence-corrected chi connectivity index (χ3v) is 1.90. The summed E-state index contributed by atoms with van der Waals surface area (Å²) >= 11 is 0. The highest BCUT2D eigenvalue weighted by Gasteiger charge is 2.20. The topological polar surface area (TPSA) is 26.0 Å².